The molecule has 0 fully saturated rings. The second kappa shape index (κ2) is 7.83. The zero-order valence-corrected chi connectivity index (χ0v) is 15.1. The molecule has 132 valence electrons. The van der Waals surface area contributed by atoms with E-state index in [0.29, 0.717) is 21.9 Å². The maximum absolute atomic E-state index is 12.4. The van der Waals surface area contributed by atoms with Gasteiger partial charge in [-0.25, -0.2) is 0 Å². The van der Waals surface area contributed by atoms with Crippen molar-refractivity contribution < 1.29 is 9.59 Å². The Bertz CT molecular complexity index is 924. The minimum atomic E-state index is -0.311. The van der Waals surface area contributed by atoms with Gasteiger partial charge >= 0.3 is 0 Å². The molecule has 1 aromatic carbocycles. The Morgan fingerprint density at radius 2 is 1.77 bits per heavy atom. The molecule has 7 nitrogen and oxygen atoms in total. The third-order valence-electron chi connectivity index (χ3n) is 3.46. The number of carbonyl (C=O) groups excluding carboxylic acids is 2. The van der Waals surface area contributed by atoms with Crippen LogP contribution >= 0.6 is 11.3 Å². The molecule has 0 atom stereocenters. The van der Waals surface area contributed by atoms with E-state index in [0.717, 1.165) is 5.01 Å². The van der Waals surface area contributed by atoms with Crippen molar-refractivity contribution >= 4 is 34.0 Å². The van der Waals surface area contributed by atoms with Crippen LogP contribution in [-0.2, 0) is 0 Å². The summed E-state index contributed by atoms with van der Waals surface area (Å²) in [7, 11) is 0. The van der Waals surface area contributed by atoms with Gasteiger partial charge in [-0.2, -0.15) is 0 Å². The first-order valence-corrected chi connectivity index (χ1v) is 8.81. The fraction of sp³-hybridized carbons (Fsp3) is 0.167. The molecule has 0 radical (unpaired) electrons. The summed E-state index contributed by atoms with van der Waals surface area (Å²) in [6.45, 7) is 4.03. The van der Waals surface area contributed by atoms with E-state index in [1.807, 2.05) is 13.8 Å². The lowest BCUT2D eigenvalue weighted by atomic mass is 10.2. The molecule has 3 aromatic rings. The highest BCUT2D eigenvalue weighted by molar-refractivity contribution is 7.15. The summed E-state index contributed by atoms with van der Waals surface area (Å²) in [6.07, 6.45) is 3.08. The van der Waals surface area contributed by atoms with Gasteiger partial charge in [0.15, 0.2) is 0 Å². The summed E-state index contributed by atoms with van der Waals surface area (Å²) in [6, 6.07) is 10.0. The van der Waals surface area contributed by atoms with Gasteiger partial charge in [-0.3, -0.25) is 19.9 Å². The van der Waals surface area contributed by atoms with Gasteiger partial charge in [0, 0.05) is 29.6 Å². The molecule has 0 unspecified atom stereocenters. The summed E-state index contributed by atoms with van der Waals surface area (Å²) < 4.78 is 0. The second-order valence-corrected chi connectivity index (χ2v) is 6.84. The van der Waals surface area contributed by atoms with E-state index >= 15 is 0 Å². The van der Waals surface area contributed by atoms with Crippen molar-refractivity contribution in [3.8, 4) is 0 Å². The van der Waals surface area contributed by atoms with Crippen LogP contribution in [0.25, 0.3) is 0 Å². The minimum Gasteiger partial charge on any atom is -0.322 e. The number of hydrogen-bond donors (Lipinski definition) is 2. The molecule has 0 saturated heterocycles. The maximum Gasteiger partial charge on any atom is 0.257 e. The molecule has 2 amide bonds. The number of nitrogens with one attached hydrogen (secondary N) is 2. The molecule has 26 heavy (non-hydrogen) atoms. The lowest BCUT2D eigenvalue weighted by Crippen LogP contribution is -2.14. The van der Waals surface area contributed by atoms with E-state index < -0.39 is 0 Å². The number of pyridine rings is 1. The third-order valence-corrected chi connectivity index (χ3v) is 4.60. The Morgan fingerprint density at radius 3 is 2.46 bits per heavy atom. The van der Waals surface area contributed by atoms with E-state index in [1.54, 1.807) is 42.6 Å². The predicted molar refractivity (Wildman–Crippen MR) is 101 cm³/mol. The molecule has 3 rings (SSSR count). The van der Waals surface area contributed by atoms with Crippen LogP contribution in [0.4, 0.5) is 10.8 Å². The van der Waals surface area contributed by atoms with E-state index in [9.17, 15) is 9.59 Å². The van der Waals surface area contributed by atoms with Gasteiger partial charge in [0.25, 0.3) is 11.8 Å². The topological polar surface area (TPSA) is 96.9 Å². The van der Waals surface area contributed by atoms with Gasteiger partial charge in [0.05, 0.1) is 5.56 Å². The normalized spacial score (nSPS) is 10.6. The van der Waals surface area contributed by atoms with Crippen LogP contribution in [0.2, 0.25) is 0 Å². The van der Waals surface area contributed by atoms with Crippen molar-refractivity contribution in [2.24, 2.45) is 0 Å². The van der Waals surface area contributed by atoms with Crippen LogP contribution in [0.3, 0.4) is 0 Å². The predicted octanol–water partition coefficient (Wildman–Crippen LogP) is 3.56. The van der Waals surface area contributed by atoms with E-state index in [-0.39, 0.29) is 17.7 Å². The molecule has 0 aliphatic carbocycles. The Hall–Kier alpha value is -3.13. The Balaban J connectivity index is 1.70. The van der Waals surface area contributed by atoms with Gasteiger partial charge in [-0.15, -0.1) is 10.2 Å². The van der Waals surface area contributed by atoms with E-state index in [1.165, 1.54) is 17.5 Å². The molecule has 0 saturated carbocycles. The zero-order chi connectivity index (χ0) is 18.5. The number of hydrogen-bond acceptors (Lipinski definition) is 6. The number of nitrogens with zero attached hydrogens (tertiary/aromatic N) is 3. The lowest BCUT2D eigenvalue weighted by molar-refractivity contribution is 0.101. The molecule has 0 aliphatic heterocycles. The standard InChI is InChI=1S/C18H17N5O2S/c1-11(2)17-22-23-18(26-17)21-15(24)12-5-3-7-14(9-12)20-16(25)13-6-4-8-19-10-13/h3-11H,1-2H3,(H,20,25)(H,21,23,24). The fourth-order valence-corrected chi connectivity index (χ4v) is 2.87. The number of anilines is 2. The van der Waals surface area contributed by atoms with Gasteiger partial charge in [-0.1, -0.05) is 31.3 Å². The van der Waals surface area contributed by atoms with Crippen molar-refractivity contribution in [3.05, 3.63) is 64.9 Å². The van der Waals surface area contributed by atoms with Gasteiger partial charge in [0.2, 0.25) is 5.13 Å². The van der Waals surface area contributed by atoms with Crippen molar-refractivity contribution in [1.29, 1.82) is 0 Å². The van der Waals surface area contributed by atoms with Gasteiger partial charge in [-0.05, 0) is 30.3 Å². The molecule has 0 bridgehead atoms. The quantitative estimate of drug-likeness (QED) is 0.719. The molecular weight excluding hydrogens is 350 g/mol. The first-order chi connectivity index (χ1) is 12.5. The smallest absolute Gasteiger partial charge is 0.257 e. The fourth-order valence-electron chi connectivity index (χ4n) is 2.13. The highest BCUT2D eigenvalue weighted by atomic mass is 32.1. The molecule has 2 heterocycles. The van der Waals surface area contributed by atoms with Crippen LogP contribution in [0.5, 0.6) is 0 Å². The van der Waals surface area contributed by atoms with Gasteiger partial charge < -0.3 is 5.32 Å². The summed E-state index contributed by atoms with van der Waals surface area (Å²) in [5.41, 5.74) is 1.37. The summed E-state index contributed by atoms with van der Waals surface area (Å²) in [5.74, 6) is -0.348. The molecule has 2 aromatic heterocycles. The SMILES string of the molecule is CC(C)c1nnc(NC(=O)c2cccc(NC(=O)c3cccnc3)c2)s1. The Kier molecular flexibility index (Phi) is 5.33. The van der Waals surface area contributed by atoms with Crippen molar-refractivity contribution in [2.75, 3.05) is 10.6 Å². The average molecular weight is 367 g/mol. The largest absolute Gasteiger partial charge is 0.322 e. The van der Waals surface area contributed by atoms with Crippen molar-refractivity contribution in [2.45, 2.75) is 19.8 Å². The number of aromatic nitrogens is 3. The first-order valence-electron chi connectivity index (χ1n) is 7.99. The Labute approximate surface area is 154 Å². The first kappa shape index (κ1) is 17.7. The highest BCUT2D eigenvalue weighted by Crippen LogP contribution is 2.23. The van der Waals surface area contributed by atoms with Crippen LogP contribution in [-0.4, -0.2) is 27.0 Å². The summed E-state index contributed by atoms with van der Waals surface area (Å²) in [4.78, 5) is 28.5. The molecule has 2 N–H and O–H groups in total. The third kappa shape index (κ3) is 4.28. The summed E-state index contributed by atoms with van der Waals surface area (Å²) in [5, 5.41) is 14.8. The number of rotatable bonds is 5. The highest BCUT2D eigenvalue weighted by Gasteiger charge is 2.13. The minimum absolute atomic E-state index is 0.254. The monoisotopic (exact) mass is 367 g/mol. The zero-order valence-electron chi connectivity index (χ0n) is 14.3. The van der Waals surface area contributed by atoms with E-state index in [4.69, 9.17) is 0 Å². The second-order valence-electron chi connectivity index (χ2n) is 5.83. The van der Waals surface area contributed by atoms with Crippen LogP contribution < -0.4 is 10.6 Å². The molecule has 8 heteroatoms. The summed E-state index contributed by atoms with van der Waals surface area (Å²) >= 11 is 1.35. The Morgan fingerprint density at radius 1 is 1.00 bits per heavy atom. The molecular formula is C18H17N5O2S. The maximum atomic E-state index is 12.4. The number of carbonyl (C=O) groups is 2. The van der Waals surface area contributed by atoms with Crippen molar-refractivity contribution in [3.63, 3.8) is 0 Å². The van der Waals surface area contributed by atoms with Crippen LogP contribution in [0.15, 0.2) is 48.8 Å². The van der Waals surface area contributed by atoms with E-state index in [2.05, 4.69) is 25.8 Å². The molecule has 0 spiro atoms. The molecule has 0 aliphatic rings. The van der Waals surface area contributed by atoms with Crippen LogP contribution in [0.1, 0.15) is 45.5 Å². The van der Waals surface area contributed by atoms with Crippen LogP contribution in [0, 0.1) is 0 Å². The van der Waals surface area contributed by atoms with Gasteiger partial charge in [0.1, 0.15) is 5.01 Å². The lowest BCUT2D eigenvalue weighted by Gasteiger charge is -2.07. The number of amides is 2. The average Bonchev–Trinajstić information content (AvgIpc) is 3.11. The van der Waals surface area contributed by atoms with Crippen molar-refractivity contribution in [1.82, 2.24) is 15.2 Å². The number of benzene rings is 1.